The largest absolute Gasteiger partial charge is 0.494 e. The van der Waals surface area contributed by atoms with Crippen molar-refractivity contribution >= 4 is 33.4 Å². The van der Waals surface area contributed by atoms with E-state index in [2.05, 4.69) is 9.55 Å². The first-order chi connectivity index (χ1) is 9.45. The van der Waals surface area contributed by atoms with E-state index in [4.69, 9.17) is 16.3 Å². The molecule has 0 radical (unpaired) electrons. The Morgan fingerprint density at radius 3 is 2.70 bits per heavy atom. The lowest BCUT2D eigenvalue weighted by Crippen LogP contribution is -2.15. The number of fused-ring (bicyclic) bond motifs is 1. The van der Waals surface area contributed by atoms with Crippen molar-refractivity contribution in [2.24, 2.45) is 0 Å². The third-order valence-corrected chi connectivity index (χ3v) is 4.35. The summed E-state index contributed by atoms with van der Waals surface area (Å²) in [7, 11) is 0.752. The zero-order valence-electron chi connectivity index (χ0n) is 12.1. The summed E-state index contributed by atoms with van der Waals surface area (Å²) in [4.78, 5) is 4.62. The van der Waals surface area contributed by atoms with Crippen LogP contribution in [0.4, 0.5) is 0 Å². The summed E-state index contributed by atoms with van der Waals surface area (Å²) >= 11 is 6.26. The molecule has 0 N–H and O–H groups in total. The second-order valence-electron chi connectivity index (χ2n) is 4.87. The number of hydrogen-bond acceptors (Lipinski definition) is 3. The molecule has 0 bridgehead atoms. The molecular weight excluding hydrogens is 296 g/mol. The Balaban J connectivity index is 2.66. The van der Waals surface area contributed by atoms with E-state index in [0.29, 0.717) is 5.75 Å². The molecule has 3 atom stereocenters. The Labute approximate surface area is 126 Å². The lowest BCUT2D eigenvalue weighted by Gasteiger charge is -2.17. The van der Waals surface area contributed by atoms with Gasteiger partial charge in [0.2, 0.25) is 0 Å². The highest BCUT2D eigenvalue weighted by atomic mass is 35.5. The Hall–Kier alpha value is -1.07. The first kappa shape index (κ1) is 15.3. The van der Waals surface area contributed by atoms with Crippen LogP contribution in [0.3, 0.4) is 0 Å². The number of halogens is 1. The van der Waals surface area contributed by atoms with E-state index in [0.717, 1.165) is 22.6 Å². The fourth-order valence-electron chi connectivity index (χ4n) is 2.43. The minimum Gasteiger partial charge on any atom is -0.494 e. The normalized spacial score (nSPS) is 16.1. The molecule has 0 saturated carbocycles. The average Bonchev–Trinajstić information content (AvgIpc) is 2.77. The lowest BCUT2D eigenvalue weighted by atomic mass is 10.2. The van der Waals surface area contributed by atoms with Crippen LogP contribution in [-0.2, 0) is 10.8 Å². The highest BCUT2D eigenvalue weighted by molar-refractivity contribution is 7.84. The van der Waals surface area contributed by atoms with Crippen molar-refractivity contribution in [3.05, 3.63) is 24.0 Å². The number of ether oxygens (including phenoxy) is 1. The van der Waals surface area contributed by atoms with Gasteiger partial charge in [0.1, 0.15) is 17.1 Å². The number of hydrogen-bond donors (Lipinski definition) is 0. The number of aromatic nitrogens is 2. The van der Waals surface area contributed by atoms with Gasteiger partial charge in [-0.1, -0.05) is 6.07 Å². The minimum atomic E-state index is -0.875. The molecule has 0 aliphatic heterocycles. The van der Waals surface area contributed by atoms with Crippen molar-refractivity contribution in [2.75, 3.05) is 19.1 Å². The standard InChI is InChI=1S/C14H19ClN2O2S/c1-9(8-20(4)18)17-11-6-5-7-12(19-3)13(11)16-14(17)10(2)15/h5-7,9-10H,8H2,1-4H3. The molecule has 0 saturated heterocycles. The van der Waals surface area contributed by atoms with Crippen molar-refractivity contribution in [2.45, 2.75) is 25.3 Å². The predicted octanol–water partition coefficient (Wildman–Crippen LogP) is 3.28. The van der Waals surface area contributed by atoms with Crippen LogP contribution in [-0.4, -0.2) is 32.9 Å². The first-order valence-corrected chi connectivity index (χ1v) is 8.61. The molecule has 20 heavy (non-hydrogen) atoms. The summed E-state index contributed by atoms with van der Waals surface area (Å²) in [6.07, 6.45) is 1.71. The summed E-state index contributed by atoms with van der Waals surface area (Å²) in [5.74, 6) is 2.08. The third-order valence-electron chi connectivity index (χ3n) is 3.20. The molecule has 110 valence electrons. The second kappa shape index (κ2) is 6.14. The van der Waals surface area contributed by atoms with Gasteiger partial charge in [-0.3, -0.25) is 4.21 Å². The van der Waals surface area contributed by atoms with Crippen LogP contribution in [0.1, 0.15) is 31.1 Å². The quantitative estimate of drug-likeness (QED) is 0.795. The third kappa shape index (κ3) is 2.83. The maximum absolute atomic E-state index is 11.5. The van der Waals surface area contributed by atoms with Gasteiger partial charge in [0.25, 0.3) is 0 Å². The van der Waals surface area contributed by atoms with E-state index >= 15 is 0 Å². The number of methoxy groups -OCH3 is 1. The molecular formula is C14H19ClN2O2S. The summed E-state index contributed by atoms with van der Waals surface area (Å²) in [6.45, 7) is 3.92. The summed E-state index contributed by atoms with van der Waals surface area (Å²) < 4.78 is 18.9. The monoisotopic (exact) mass is 314 g/mol. The molecule has 1 aromatic carbocycles. The van der Waals surface area contributed by atoms with Gasteiger partial charge in [-0.25, -0.2) is 4.98 Å². The number of benzene rings is 1. The average molecular weight is 315 g/mol. The molecule has 0 aliphatic rings. The second-order valence-corrected chi connectivity index (χ2v) is 7.01. The Morgan fingerprint density at radius 1 is 1.45 bits per heavy atom. The molecule has 0 fully saturated rings. The van der Waals surface area contributed by atoms with Crippen LogP contribution in [0.5, 0.6) is 5.75 Å². The van der Waals surface area contributed by atoms with Crippen molar-refractivity contribution < 1.29 is 8.95 Å². The number of nitrogens with zero attached hydrogens (tertiary/aromatic N) is 2. The van der Waals surface area contributed by atoms with Gasteiger partial charge in [-0.15, -0.1) is 11.6 Å². The van der Waals surface area contributed by atoms with Gasteiger partial charge < -0.3 is 9.30 Å². The number of alkyl halides is 1. The van der Waals surface area contributed by atoms with Crippen molar-refractivity contribution in [3.63, 3.8) is 0 Å². The predicted molar refractivity (Wildman–Crippen MR) is 84.2 cm³/mol. The van der Waals surface area contributed by atoms with Gasteiger partial charge in [0, 0.05) is 28.9 Å². The van der Waals surface area contributed by atoms with Crippen LogP contribution in [0.2, 0.25) is 0 Å². The van der Waals surface area contributed by atoms with Gasteiger partial charge in [-0.05, 0) is 26.0 Å². The number of rotatable bonds is 5. The van der Waals surface area contributed by atoms with Crippen molar-refractivity contribution in [3.8, 4) is 5.75 Å². The summed E-state index contributed by atoms with van der Waals surface area (Å²) in [5.41, 5.74) is 1.76. The van der Waals surface area contributed by atoms with Gasteiger partial charge in [0.15, 0.2) is 0 Å². The van der Waals surface area contributed by atoms with E-state index in [1.165, 1.54) is 0 Å². The molecule has 1 heterocycles. The molecule has 6 heteroatoms. The molecule has 2 aromatic rings. The molecule has 1 aromatic heterocycles. The van der Waals surface area contributed by atoms with Crippen LogP contribution in [0.15, 0.2) is 18.2 Å². The van der Waals surface area contributed by atoms with E-state index in [1.807, 2.05) is 32.0 Å². The molecule has 0 amide bonds. The zero-order valence-corrected chi connectivity index (χ0v) is 13.7. The van der Waals surface area contributed by atoms with Crippen LogP contribution >= 0.6 is 11.6 Å². The Morgan fingerprint density at radius 2 is 2.15 bits per heavy atom. The SMILES string of the molecule is COc1cccc2c1nc(C(C)Cl)n2C(C)CS(C)=O. The fraction of sp³-hybridized carbons (Fsp3) is 0.500. The Kier molecular flexibility index (Phi) is 4.70. The van der Waals surface area contributed by atoms with Crippen molar-refractivity contribution in [1.82, 2.24) is 9.55 Å². The minimum absolute atomic E-state index is 0.0640. The van der Waals surface area contributed by atoms with E-state index in [1.54, 1.807) is 13.4 Å². The Bertz CT molecular complexity index is 639. The maximum Gasteiger partial charge on any atom is 0.146 e. The summed E-state index contributed by atoms with van der Waals surface area (Å²) in [6, 6.07) is 5.86. The van der Waals surface area contributed by atoms with E-state index in [9.17, 15) is 4.21 Å². The van der Waals surface area contributed by atoms with Crippen molar-refractivity contribution in [1.29, 1.82) is 0 Å². The van der Waals surface area contributed by atoms with Crippen LogP contribution < -0.4 is 4.74 Å². The molecule has 2 rings (SSSR count). The highest BCUT2D eigenvalue weighted by Gasteiger charge is 2.21. The smallest absolute Gasteiger partial charge is 0.146 e. The van der Waals surface area contributed by atoms with E-state index in [-0.39, 0.29) is 11.4 Å². The van der Waals surface area contributed by atoms with Gasteiger partial charge >= 0.3 is 0 Å². The first-order valence-electron chi connectivity index (χ1n) is 6.44. The molecule has 0 aliphatic carbocycles. The maximum atomic E-state index is 11.5. The summed E-state index contributed by atoms with van der Waals surface area (Å²) in [5, 5.41) is -0.222. The highest BCUT2D eigenvalue weighted by Crippen LogP contribution is 2.32. The molecule has 3 unspecified atom stereocenters. The fourth-order valence-corrected chi connectivity index (χ4v) is 3.41. The topological polar surface area (TPSA) is 44.1 Å². The number of imidazole rings is 1. The van der Waals surface area contributed by atoms with E-state index < -0.39 is 10.8 Å². The number of para-hydroxylation sites is 1. The van der Waals surface area contributed by atoms with Crippen LogP contribution in [0, 0.1) is 0 Å². The molecule has 4 nitrogen and oxygen atoms in total. The van der Waals surface area contributed by atoms with Gasteiger partial charge in [-0.2, -0.15) is 0 Å². The van der Waals surface area contributed by atoms with Crippen LogP contribution in [0.25, 0.3) is 11.0 Å². The van der Waals surface area contributed by atoms with Gasteiger partial charge in [0.05, 0.1) is 18.0 Å². The zero-order chi connectivity index (χ0) is 14.9. The molecule has 0 spiro atoms. The lowest BCUT2D eigenvalue weighted by molar-refractivity contribution is 0.419.